The minimum atomic E-state index is -5.71. The van der Waals surface area contributed by atoms with Crippen molar-refractivity contribution < 1.29 is 79.0 Å². The number of allylic oxidation sites excluding steroid dienone is 5. The maximum Gasteiger partial charge on any atom is 0.457 e. The summed E-state index contributed by atoms with van der Waals surface area (Å²) in [5.41, 5.74) is 0. The van der Waals surface area contributed by atoms with Gasteiger partial charge in [-0.2, -0.15) is 52.7 Å². The minimum Gasteiger partial charge on any atom is -0.243 e. The standard InChI is InChI=1S/3C4H2F6/c5-1-2(6)3(7)4(8,9)10;5-2(3(6)7)1-4(8,9)10;5-2-1-3(6,7)4(8,9)10/h1H2;1,3H;1-2H/b3-2-;;. The van der Waals surface area contributed by atoms with Crippen molar-refractivity contribution >= 4 is 0 Å². The van der Waals surface area contributed by atoms with Gasteiger partial charge in [0.1, 0.15) is 6.67 Å². The molecular formula is C12H6F18. The van der Waals surface area contributed by atoms with Gasteiger partial charge >= 0.3 is 24.5 Å². The predicted molar refractivity (Wildman–Crippen MR) is 63.8 cm³/mol. The Balaban J connectivity index is -0.000000364. The van der Waals surface area contributed by atoms with Gasteiger partial charge in [0.2, 0.25) is 5.83 Å². The van der Waals surface area contributed by atoms with Crippen LogP contribution in [-0.2, 0) is 0 Å². The maximum atomic E-state index is 11.5. The molecule has 0 atom stereocenters. The molecule has 0 saturated carbocycles. The van der Waals surface area contributed by atoms with Crippen LogP contribution in [0, 0.1) is 0 Å². The monoisotopic (exact) mass is 492 g/mol. The fraction of sp³-hybridized carbons (Fsp3) is 0.500. The van der Waals surface area contributed by atoms with Crippen LogP contribution < -0.4 is 0 Å². The molecule has 0 rings (SSSR count). The number of hydrogen-bond acceptors (Lipinski definition) is 0. The minimum absolute atomic E-state index is 0.840. The summed E-state index contributed by atoms with van der Waals surface area (Å²) in [7, 11) is 0. The lowest BCUT2D eigenvalue weighted by molar-refractivity contribution is -0.259. The molecule has 0 aliphatic heterocycles. The summed E-state index contributed by atoms with van der Waals surface area (Å²) in [6.07, 6.45) is -22.6. The van der Waals surface area contributed by atoms with E-state index < -0.39 is 73.5 Å². The normalized spacial score (nSPS) is 14.7. The van der Waals surface area contributed by atoms with E-state index in [9.17, 15) is 79.0 Å². The van der Waals surface area contributed by atoms with E-state index in [-0.39, 0.29) is 0 Å². The molecule has 18 heteroatoms. The second kappa shape index (κ2) is 12.6. The molecule has 0 spiro atoms. The molecule has 0 saturated heterocycles. The van der Waals surface area contributed by atoms with E-state index in [1.807, 2.05) is 0 Å². The number of alkyl halides is 14. The Morgan fingerprint density at radius 3 is 1.27 bits per heavy atom. The Morgan fingerprint density at radius 1 is 0.767 bits per heavy atom. The Bertz CT molecular complexity index is 569. The molecule has 0 unspecified atom stereocenters. The maximum absolute atomic E-state index is 11.5. The number of halogens is 18. The van der Waals surface area contributed by atoms with E-state index in [0.717, 1.165) is 0 Å². The van der Waals surface area contributed by atoms with E-state index in [4.69, 9.17) is 0 Å². The van der Waals surface area contributed by atoms with Crippen LogP contribution in [0.4, 0.5) is 79.0 Å². The Hall–Kier alpha value is -2.04. The van der Waals surface area contributed by atoms with Gasteiger partial charge in [-0.05, 0) is 0 Å². The molecule has 0 aliphatic carbocycles. The van der Waals surface area contributed by atoms with Gasteiger partial charge in [0, 0.05) is 6.08 Å². The lowest BCUT2D eigenvalue weighted by atomic mass is 10.3. The zero-order valence-corrected chi connectivity index (χ0v) is 13.3. The van der Waals surface area contributed by atoms with E-state index in [0.29, 0.717) is 0 Å². The van der Waals surface area contributed by atoms with Gasteiger partial charge in [-0.15, -0.1) is 0 Å². The van der Waals surface area contributed by atoms with Gasteiger partial charge in [0.05, 0.1) is 12.4 Å². The Morgan fingerprint density at radius 2 is 1.17 bits per heavy atom. The largest absolute Gasteiger partial charge is 0.457 e. The Kier molecular flexibility index (Phi) is 13.7. The van der Waals surface area contributed by atoms with Crippen molar-refractivity contribution in [3.05, 3.63) is 36.0 Å². The van der Waals surface area contributed by atoms with Crippen LogP contribution in [0.3, 0.4) is 0 Å². The summed E-state index contributed by atoms with van der Waals surface area (Å²) in [6, 6.07) is 0. The highest BCUT2D eigenvalue weighted by molar-refractivity contribution is 5.05. The molecule has 0 amide bonds. The third-order valence-corrected chi connectivity index (χ3v) is 1.76. The number of rotatable bonds is 3. The van der Waals surface area contributed by atoms with Crippen LogP contribution in [0.25, 0.3) is 0 Å². The number of hydrogen-bond donors (Lipinski definition) is 0. The summed E-state index contributed by atoms with van der Waals surface area (Å²) in [5, 5.41) is 0. The van der Waals surface area contributed by atoms with Crippen LogP contribution >= 0.6 is 0 Å². The van der Waals surface area contributed by atoms with Crippen molar-refractivity contribution in [2.75, 3.05) is 6.67 Å². The molecule has 0 aliphatic rings. The van der Waals surface area contributed by atoms with Crippen molar-refractivity contribution in [3.63, 3.8) is 0 Å². The highest BCUT2D eigenvalue weighted by Gasteiger charge is 2.55. The topological polar surface area (TPSA) is 0 Å². The fourth-order valence-corrected chi connectivity index (χ4v) is 0.605. The van der Waals surface area contributed by atoms with Gasteiger partial charge in [-0.3, -0.25) is 0 Å². The van der Waals surface area contributed by atoms with E-state index in [1.54, 1.807) is 0 Å². The van der Waals surface area contributed by atoms with Crippen molar-refractivity contribution in [1.29, 1.82) is 0 Å². The average Bonchev–Trinajstić information content (AvgIpc) is 2.51. The summed E-state index contributed by atoms with van der Waals surface area (Å²) in [5.74, 6) is -13.0. The molecule has 0 heterocycles. The molecule has 0 fully saturated rings. The second-order valence-corrected chi connectivity index (χ2v) is 4.14. The lowest BCUT2D eigenvalue weighted by Crippen LogP contribution is -2.33. The van der Waals surface area contributed by atoms with Crippen LogP contribution in [0.1, 0.15) is 0 Å². The van der Waals surface area contributed by atoms with Crippen molar-refractivity contribution in [2.45, 2.75) is 30.9 Å². The highest BCUT2D eigenvalue weighted by atomic mass is 19.4. The zero-order valence-electron chi connectivity index (χ0n) is 13.3. The first kappa shape index (κ1) is 32.6. The third kappa shape index (κ3) is 15.8. The highest BCUT2D eigenvalue weighted by Crippen LogP contribution is 2.36. The van der Waals surface area contributed by atoms with Crippen LogP contribution in [0.5, 0.6) is 0 Å². The van der Waals surface area contributed by atoms with Gasteiger partial charge in [0.15, 0.2) is 11.7 Å². The van der Waals surface area contributed by atoms with Gasteiger partial charge in [0.25, 0.3) is 6.43 Å². The van der Waals surface area contributed by atoms with Crippen LogP contribution in [0.15, 0.2) is 36.0 Å². The summed E-state index contributed by atoms with van der Waals surface area (Å²) >= 11 is 0. The van der Waals surface area contributed by atoms with Gasteiger partial charge in [-0.25, -0.2) is 26.3 Å². The first-order chi connectivity index (χ1) is 13.0. The first-order valence-corrected chi connectivity index (χ1v) is 6.16. The molecule has 0 aromatic rings. The average molecular weight is 492 g/mol. The fourth-order valence-electron chi connectivity index (χ4n) is 0.605. The zero-order chi connectivity index (χ0) is 25.1. The molecular weight excluding hydrogens is 486 g/mol. The molecule has 0 aromatic heterocycles. The molecule has 180 valence electrons. The van der Waals surface area contributed by atoms with E-state index in [1.165, 1.54) is 0 Å². The third-order valence-electron chi connectivity index (χ3n) is 1.76. The SMILES string of the molecule is FC(=CC(F)(F)F)C(F)F.FC/C(F)=C(/F)C(F)(F)F.FC=CC(F)(F)C(F)(F)F. The predicted octanol–water partition coefficient (Wildman–Crippen LogP) is 8.00. The molecule has 30 heavy (non-hydrogen) atoms. The van der Waals surface area contributed by atoms with E-state index in [2.05, 4.69) is 0 Å². The Labute approximate surface area is 154 Å². The molecule has 0 aromatic carbocycles. The molecule has 0 radical (unpaired) electrons. The first-order valence-electron chi connectivity index (χ1n) is 6.16. The molecule has 0 N–H and O–H groups in total. The quantitative estimate of drug-likeness (QED) is 0.351. The molecule has 0 bridgehead atoms. The lowest BCUT2D eigenvalue weighted by Gasteiger charge is -2.13. The second-order valence-electron chi connectivity index (χ2n) is 4.14. The summed E-state index contributed by atoms with van der Waals surface area (Å²) < 4.78 is 200. The van der Waals surface area contributed by atoms with E-state index >= 15 is 0 Å². The van der Waals surface area contributed by atoms with Crippen molar-refractivity contribution in [1.82, 2.24) is 0 Å². The van der Waals surface area contributed by atoms with Crippen molar-refractivity contribution in [3.8, 4) is 0 Å². The van der Waals surface area contributed by atoms with Gasteiger partial charge in [-0.1, -0.05) is 0 Å². The van der Waals surface area contributed by atoms with Gasteiger partial charge < -0.3 is 0 Å². The summed E-state index contributed by atoms with van der Waals surface area (Å²) in [4.78, 5) is 0. The summed E-state index contributed by atoms with van der Waals surface area (Å²) in [6.45, 7) is -2.08. The molecule has 0 nitrogen and oxygen atoms in total. The van der Waals surface area contributed by atoms with Crippen LogP contribution in [-0.4, -0.2) is 37.6 Å². The smallest absolute Gasteiger partial charge is 0.243 e. The van der Waals surface area contributed by atoms with Crippen molar-refractivity contribution in [2.24, 2.45) is 0 Å². The van der Waals surface area contributed by atoms with Crippen LogP contribution in [0.2, 0.25) is 0 Å².